The van der Waals surface area contributed by atoms with Crippen LogP contribution in [0.3, 0.4) is 0 Å². The second-order valence-electron chi connectivity index (χ2n) is 4.66. The zero-order valence-electron chi connectivity index (χ0n) is 10.6. The quantitative estimate of drug-likeness (QED) is 0.800. The van der Waals surface area contributed by atoms with Gasteiger partial charge in [0.15, 0.2) is 0 Å². The van der Waals surface area contributed by atoms with E-state index in [4.69, 9.17) is 10.5 Å². The molecule has 0 amide bonds. The molecule has 16 heavy (non-hydrogen) atoms. The van der Waals surface area contributed by atoms with Gasteiger partial charge < -0.3 is 15.8 Å². The lowest BCUT2D eigenvalue weighted by atomic mass is 9.80. The van der Waals surface area contributed by atoms with E-state index in [0.29, 0.717) is 6.54 Å². The zero-order valence-corrected chi connectivity index (χ0v) is 10.6. The lowest BCUT2D eigenvalue weighted by Gasteiger charge is -2.34. The van der Waals surface area contributed by atoms with Gasteiger partial charge in [-0.1, -0.05) is 32.0 Å². The molecule has 1 atom stereocenters. The number of methoxy groups -OCH3 is 1. The van der Waals surface area contributed by atoms with Crippen molar-refractivity contribution in [1.29, 1.82) is 0 Å². The minimum Gasteiger partial charge on any atom is -0.496 e. The summed E-state index contributed by atoms with van der Waals surface area (Å²) in [6, 6.07) is 8.25. The van der Waals surface area contributed by atoms with Crippen LogP contribution in [0.5, 0.6) is 5.75 Å². The first kappa shape index (κ1) is 13.0. The monoisotopic (exact) mass is 222 g/mol. The van der Waals surface area contributed by atoms with Gasteiger partial charge in [-0.05, 0) is 25.1 Å². The molecule has 0 saturated heterocycles. The summed E-state index contributed by atoms with van der Waals surface area (Å²) in [6.07, 6.45) is 0. The van der Waals surface area contributed by atoms with Crippen LogP contribution in [-0.4, -0.2) is 20.7 Å². The van der Waals surface area contributed by atoms with Gasteiger partial charge >= 0.3 is 0 Å². The van der Waals surface area contributed by atoms with Crippen molar-refractivity contribution in [3.63, 3.8) is 0 Å². The van der Waals surface area contributed by atoms with Gasteiger partial charge in [-0.25, -0.2) is 0 Å². The first-order valence-electron chi connectivity index (χ1n) is 5.57. The summed E-state index contributed by atoms with van der Waals surface area (Å²) in [4.78, 5) is 0. The van der Waals surface area contributed by atoms with Crippen LogP contribution in [0.15, 0.2) is 24.3 Å². The Balaban J connectivity index is 3.13. The average Bonchev–Trinajstić information content (AvgIpc) is 2.30. The smallest absolute Gasteiger partial charge is 0.123 e. The van der Waals surface area contributed by atoms with Gasteiger partial charge in [-0.15, -0.1) is 0 Å². The molecule has 3 N–H and O–H groups in total. The molecule has 1 aromatic rings. The summed E-state index contributed by atoms with van der Waals surface area (Å²) in [5.74, 6) is 0.906. The fourth-order valence-electron chi connectivity index (χ4n) is 1.99. The number of hydrogen-bond acceptors (Lipinski definition) is 3. The molecule has 3 nitrogen and oxygen atoms in total. The highest BCUT2D eigenvalue weighted by Crippen LogP contribution is 2.36. The second-order valence-corrected chi connectivity index (χ2v) is 4.66. The normalized spacial score (nSPS) is 13.6. The molecule has 1 unspecified atom stereocenters. The van der Waals surface area contributed by atoms with Crippen LogP contribution < -0.4 is 15.8 Å². The molecule has 0 aliphatic heterocycles. The lowest BCUT2D eigenvalue weighted by Crippen LogP contribution is -2.37. The fraction of sp³-hybridized carbons (Fsp3) is 0.538. The van der Waals surface area contributed by atoms with Gasteiger partial charge in [0.05, 0.1) is 7.11 Å². The third-order valence-electron chi connectivity index (χ3n) is 3.05. The van der Waals surface area contributed by atoms with Crippen molar-refractivity contribution in [3.05, 3.63) is 29.8 Å². The van der Waals surface area contributed by atoms with Gasteiger partial charge in [0.1, 0.15) is 5.75 Å². The first-order valence-corrected chi connectivity index (χ1v) is 5.57. The van der Waals surface area contributed by atoms with E-state index in [-0.39, 0.29) is 11.5 Å². The minimum absolute atomic E-state index is 0.0105. The summed E-state index contributed by atoms with van der Waals surface area (Å²) in [6.45, 7) is 4.93. The summed E-state index contributed by atoms with van der Waals surface area (Å²) in [5.41, 5.74) is 6.98. The van der Waals surface area contributed by atoms with Crippen LogP contribution >= 0.6 is 0 Å². The van der Waals surface area contributed by atoms with E-state index in [2.05, 4.69) is 25.2 Å². The number of para-hydroxylation sites is 1. The SMILES string of the molecule is CNC(c1ccccc1OC)C(C)(C)CN. The van der Waals surface area contributed by atoms with Crippen molar-refractivity contribution in [2.45, 2.75) is 19.9 Å². The molecule has 1 aromatic carbocycles. The van der Waals surface area contributed by atoms with E-state index >= 15 is 0 Å². The fourth-order valence-corrected chi connectivity index (χ4v) is 1.99. The zero-order chi connectivity index (χ0) is 12.2. The molecule has 0 radical (unpaired) electrons. The molecule has 0 spiro atoms. The molecule has 0 fully saturated rings. The highest BCUT2D eigenvalue weighted by molar-refractivity contribution is 5.36. The van der Waals surface area contributed by atoms with Crippen molar-refractivity contribution in [1.82, 2.24) is 5.32 Å². The van der Waals surface area contributed by atoms with E-state index in [1.54, 1.807) is 7.11 Å². The summed E-state index contributed by atoms with van der Waals surface area (Å²) in [7, 11) is 3.65. The van der Waals surface area contributed by atoms with E-state index in [1.165, 1.54) is 0 Å². The maximum absolute atomic E-state index is 5.83. The van der Waals surface area contributed by atoms with Gasteiger partial charge in [0, 0.05) is 11.6 Å². The standard InChI is InChI=1S/C13H22N2O/c1-13(2,9-14)12(15-3)10-7-5-6-8-11(10)16-4/h5-8,12,15H,9,14H2,1-4H3. The Bertz CT molecular complexity index is 336. The van der Waals surface area contributed by atoms with E-state index in [0.717, 1.165) is 11.3 Å². The number of benzene rings is 1. The van der Waals surface area contributed by atoms with E-state index < -0.39 is 0 Å². The Labute approximate surface area is 98.0 Å². The number of ether oxygens (including phenoxy) is 1. The third-order valence-corrected chi connectivity index (χ3v) is 3.05. The van der Waals surface area contributed by atoms with Crippen LogP contribution in [-0.2, 0) is 0 Å². The van der Waals surface area contributed by atoms with E-state index in [1.807, 2.05) is 25.2 Å². The number of nitrogens with one attached hydrogen (secondary N) is 1. The number of hydrogen-bond donors (Lipinski definition) is 2. The maximum Gasteiger partial charge on any atom is 0.123 e. The molecule has 0 bridgehead atoms. The van der Waals surface area contributed by atoms with Crippen molar-refractivity contribution < 1.29 is 4.74 Å². The Hall–Kier alpha value is -1.06. The molecule has 0 aromatic heterocycles. The topological polar surface area (TPSA) is 47.3 Å². The maximum atomic E-state index is 5.83. The summed E-state index contributed by atoms with van der Waals surface area (Å²) < 4.78 is 5.39. The van der Waals surface area contributed by atoms with Crippen molar-refractivity contribution in [2.24, 2.45) is 11.1 Å². The summed E-state index contributed by atoms with van der Waals surface area (Å²) >= 11 is 0. The molecule has 1 rings (SSSR count). The molecular formula is C13H22N2O. The van der Waals surface area contributed by atoms with Gasteiger partial charge in [0.25, 0.3) is 0 Å². The van der Waals surface area contributed by atoms with Crippen molar-refractivity contribution in [3.8, 4) is 5.75 Å². The predicted octanol–water partition coefficient (Wildman–Crippen LogP) is 1.94. The van der Waals surface area contributed by atoms with E-state index in [9.17, 15) is 0 Å². The molecule has 0 aliphatic rings. The number of rotatable bonds is 5. The molecule has 0 aliphatic carbocycles. The van der Waals surface area contributed by atoms with Crippen molar-refractivity contribution in [2.75, 3.05) is 20.7 Å². The second kappa shape index (κ2) is 5.32. The Morgan fingerprint density at radius 2 is 2.00 bits per heavy atom. The third kappa shape index (κ3) is 2.54. The van der Waals surface area contributed by atoms with Gasteiger partial charge in [0.2, 0.25) is 0 Å². The van der Waals surface area contributed by atoms with Crippen LogP contribution in [0.4, 0.5) is 0 Å². The summed E-state index contributed by atoms with van der Waals surface area (Å²) in [5, 5.41) is 3.32. The highest BCUT2D eigenvalue weighted by Gasteiger charge is 2.30. The number of nitrogens with two attached hydrogens (primary N) is 1. The predicted molar refractivity (Wildman–Crippen MR) is 67.6 cm³/mol. The Kier molecular flexibility index (Phi) is 4.33. The molecular weight excluding hydrogens is 200 g/mol. The van der Waals surface area contributed by atoms with Gasteiger partial charge in [-0.3, -0.25) is 0 Å². The van der Waals surface area contributed by atoms with Crippen LogP contribution in [0.1, 0.15) is 25.5 Å². The minimum atomic E-state index is -0.0105. The first-order chi connectivity index (χ1) is 7.56. The van der Waals surface area contributed by atoms with Crippen LogP contribution in [0.25, 0.3) is 0 Å². The molecule has 0 saturated carbocycles. The van der Waals surface area contributed by atoms with Crippen LogP contribution in [0, 0.1) is 5.41 Å². The molecule has 3 heteroatoms. The average molecular weight is 222 g/mol. The lowest BCUT2D eigenvalue weighted by molar-refractivity contribution is 0.258. The Morgan fingerprint density at radius 1 is 1.38 bits per heavy atom. The van der Waals surface area contributed by atoms with Crippen molar-refractivity contribution >= 4 is 0 Å². The molecule has 0 heterocycles. The molecule has 90 valence electrons. The highest BCUT2D eigenvalue weighted by atomic mass is 16.5. The van der Waals surface area contributed by atoms with Gasteiger partial charge in [-0.2, -0.15) is 0 Å². The largest absolute Gasteiger partial charge is 0.496 e. The Morgan fingerprint density at radius 3 is 2.50 bits per heavy atom. The van der Waals surface area contributed by atoms with Crippen LogP contribution in [0.2, 0.25) is 0 Å².